The van der Waals surface area contributed by atoms with E-state index in [-0.39, 0.29) is 11.8 Å². The maximum atomic E-state index is 12.6. The van der Waals surface area contributed by atoms with Gasteiger partial charge in [-0.15, -0.1) is 0 Å². The SMILES string of the molecule is CCC(CC)(CN)C(=O)Nc1ccc(C(=O)N2CCCCC2)c(Cl)c1. The first kappa shape index (κ1) is 19.7. The highest BCUT2D eigenvalue weighted by molar-refractivity contribution is 6.34. The Kier molecular flexibility index (Phi) is 6.85. The molecule has 1 aliphatic heterocycles. The fourth-order valence-electron chi connectivity index (χ4n) is 3.25. The Morgan fingerprint density at radius 1 is 1.20 bits per heavy atom. The second-order valence-electron chi connectivity index (χ2n) is 6.69. The molecule has 0 bridgehead atoms. The lowest BCUT2D eigenvalue weighted by atomic mass is 9.81. The van der Waals surface area contributed by atoms with Gasteiger partial charge in [-0.05, 0) is 50.3 Å². The van der Waals surface area contributed by atoms with Gasteiger partial charge in [-0.3, -0.25) is 9.59 Å². The van der Waals surface area contributed by atoms with Crippen molar-refractivity contribution in [2.75, 3.05) is 25.0 Å². The fourth-order valence-corrected chi connectivity index (χ4v) is 3.51. The van der Waals surface area contributed by atoms with Crippen molar-refractivity contribution in [3.63, 3.8) is 0 Å². The Bertz CT molecular complexity index is 615. The van der Waals surface area contributed by atoms with Crippen LogP contribution >= 0.6 is 11.6 Å². The minimum Gasteiger partial charge on any atom is -0.339 e. The molecule has 1 aromatic rings. The molecule has 2 amide bonds. The van der Waals surface area contributed by atoms with Crippen molar-refractivity contribution < 1.29 is 9.59 Å². The number of halogens is 1. The number of benzene rings is 1. The number of likely N-dealkylation sites (tertiary alicyclic amines) is 1. The number of hydrogen-bond acceptors (Lipinski definition) is 3. The number of piperidine rings is 1. The Hall–Kier alpha value is -1.59. The van der Waals surface area contributed by atoms with Crippen molar-refractivity contribution >= 4 is 29.1 Å². The molecule has 5 nitrogen and oxygen atoms in total. The zero-order valence-corrected chi connectivity index (χ0v) is 15.9. The molecule has 25 heavy (non-hydrogen) atoms. The van der Waals surface area contributed by atoms with E-state index in [9.17, 15) is 9.59 Å². The number of nitrogens with two attached hydrogens (primary N) is 1. The van der Waals surface area contributed by atoms with E-state index in [4.69, 9.17) is 17.3 Å². The van der Waals surface area contributed by atoms with E-state index in [1.54, 1.807) is 18.2 Å². The monoisotopic (exact) mass is 365 g/mol. The third-order valence-electron chi connectivity index (χ3n) is 5.33. The molecule has 1 aliphatic rings. The third-order valence-corrected chi connectivity index (χ3v) is 5.64. The minimum absolute atomic E-state index is 0.0407. The Morgan fingerprint density at radius 3 is 2.36 bits per heavy atom. The van der Waals surface area contributed by atoms with E-state index in [2.05, 4.69) is 5.32 Å². The largest absolute Gasteiger partial charge is 0.339 e. The van der Waals surface area contributed by atoms with E-state index < -0.39 is 5.41 Å². The predicted octanol–water partition coefficient (Wildman–Crippen LogP) is 3.67. The van der Waals surface area contributed by atoms with Crippen LogP contribution in [0.2, 0.25) is 5.02 Å². The number of nitrogens with zero attached hydrogens (tertiary/aromatic N) is 1. The van der Waals surface area contributed by atoms with Crippen molar-refractivity contribution in [1.29, 1.82) is 0 Å². The van der Waals surface area contributed by atoms with Crippen molar-refractivity contribution in [3.05, 3.63) is 28.8 Å². The molecule has 0 saturated carbocycles. The quantitative estimate of drug-likeness (QED) is 0.807. The molecule has 6 heteroatoms. The molecule has 0 unspecified atom stereocenters. The summed E-state index contributed by atoms with van der Waals surface area (Å²) in [5.74, 6) is -0.146. The summed E-state index contributed by atoms with van der Waals surface area (Å²) in [4.78, 5) is 27.0. The highest BCUT2D eigenvalue weighted by atomic mass is 35.5. The smallest absolute Gasteiger partial charge is 0.255 e. The molecule has 1 aromatic carbocycles. The summed E-state index contributed by atoms with van der Waals surface area (Å²) in [6.45, 7) is 5.77. The minimum atomic E-state index is -0.575. The van der Waals surface area contributed by atoms with Crippen molar-refractivity contribution in [3.8, 4) is 0 Å². The molecule has 1 fully saturated rings. The average molecular weight is 366 g/mol. The van der Waals surface area contributed by atoms with Crippen molar-refractivity contribution in [2.24, 2.45) is 11.1 Å². The topological polar surface area (TPSA) is 75.4 Å². The van der Waals surface area contributed by atoms with Gasteiger partial charge in [-0.1, -0.05) is 25.4 Å². The molecule has 0 radical (unpaired) electrons. The number of carbonyl (C=O) groups excluding carboxylic acids is 2. The summed E-state index contributed by atoms with van der Waals surface area (Å²) in [5, 5.41) is 3.25. The third kappa shape index (κ3) is 4.33. The maximum Gasteiger partial charge on any atom is 0.255 e. The number of anilines is 1. The summed E-state index contributed by atoms with van der Waals surface area (Å²) in [7, 11) is 0. The van der Waals surface area contributed by atoms with Crippen LogP contribution in [0.1, 0.15) is 56.3 Å². The van der Waals surface area contributed by atoms with Crippen LogP contribution < -0.4 is 11.1 Å². The van der Waals surface area contributed by atoms with Crippen LogP contribution in [0.15, 0.2) is 18.2 Å². The second kappa shape index (κ2) is 8.68. The second-order valence-corrected chi connectivity index (χ2v) is 7.10. The molecule has 138 valence electrons. The maximum absolute atomic E-state index is 12.6. The zero-order chi connectivity index (χ0) is 18.4. The molecule has 1 saturated heterocycles. The lowest BCUT2D eigenvalue weighted by Gasteiger charge is -2.29. The summed E-state index contributed by atoms with van der Waals surface area (Å²) >= 11 is 6.32. The van der Waals surface area contributed by atoms with Crippen LogP contribution in [0, 0.1) is 5.41 Å². The number of nitrogens with one attached hydrogen (secondary N) is 1. The summed E-state index contributed by atoms with van der Waals surface area (Å²) in [6.07, 6.45) is 4.58. The van der Waals surface area contributed by atoms with Gasteiger partial charge < -0.3 is 16.0 Å². The van der Waals surface area contributed by atoms with Gasteiger partial charge in [-0.2, -0.15) is 0 Å². The van der Waals surface area contributed by atoms with Crippen LogP contribution in [0.5, 0.6) is 0 Å². The fraction of sp³-hybridized carbons (Fsp3) is 0.579. The summed E-state index contributed by atoms with van der Waals surface area (Å²) in [6, 6.07) is 5.06. The van der Waals surface area contributed by atoms with E-state index >= 15 is 0 Å². The number of amides is 2. The Morgan fingerprint density at radius 2 is 1.84 bits per heavy atom. The Balaban J connectivity index is 2.13. The van der Waals surface area contributed by atoms with Gasteiger partial charge >= 0.3 is 0 Å². The molecular formula is C19H28ClN3O2. The number of rotatable bonds is 6. The first-order chi connectivity index (χ1) is 12.0. The molecule has 0 spiro atoms. The molecule has 1 heterocycles. The van der Waals surface area contributed by atoms with Crippen LogP contribution in [0.3, 0.4) is 0 Å². The molecule has 2 rings (SSSR count). The van der Waals surface area contributed by atoms with Gasteiger partial charge in [0, 0.05) is 25.3 Å². The molecule has 0 aromatic heterocycles. The lowest BCUT2D eigenvalue weighted by molar-refractivity contribution is -0.125. The predicted molar refractivity (Wildman–Crippen MR) is 102 cm³/mol. The van der Waals surface area contributed by atoms with Crippen LogP contribution in [-0.4, -0.2) is 36.3 Å². The zero-order valence-electron chi connectivity index (χ0n) is 15.1. The number of hydrogen-bond donors (Lipinski definition) is 2. The normalized spacial score (nSPS) is 15.1. The Labute approximate surface area is 154 Å². The van der Waals surface area contributed by atoms with Crippen LogP contribution in [0.25, 0.3) is 0 Å². The highest BCUT2D eigenvalue weighted by Gasteiger charge is 2.33. The van der Waals surface area contributed by atoms with Gasteiger partial charge in [0.25, 0.3) is 5.91 Å². The van der Waals surface area contributed by atoms with Crippen molar-refractivity contribution in [2.45, 2.75) is 46.0 Å². The molecule has 0 aliphatic carbocycles. The molecule has 3 N–H and O–H groups in total. The van der Waals surface area contributed by atoms with Gasteiger partial charge in [0.2, 0.25) is 5.91 Å². The van der Waals surface area contributed by atoms with Crippen molar-refractivity contribution in [1.82, 2.24) is 4.90 Å². The van der Waals surface area contributed by atoms with E-state index in [0.29, 0.717) is 35.7 Å². The van der Waals surface area contributed by atoms with Gasteiger partial charge in [0.1, 0.15) is 0 Å². The lowest BCUT2D eigenvalue weighted by Crippen LogP contribution is -2.41. The molecule has 0 atom stereocenters. The van der Waals surface area contributed by atoms with Crippen LogP contribution in [-0.2, 0) is 4.79 Å². The summed E-state index contributed by atoms with van der Waals surface area (Å²) < 4.78 is 0. The van der Waals surface area contributed by atoms with Gasteiger partial charge in [0.15, 0.2) is 0 Å². The van der Waals surface area contributed by atoms with E-state index in [1.807, 2.05) is 18.7 Å². The van der Waals surface area contributed by atoms with Crippen LogP contribution in [0.4, 0.5) is 5.69 Å². The average Bonchev–Trinajstić information content (AvgIpc) is 2.64. The number of carbonyl (C=O) groups is 2. The first-order valence-corrected chi connectivity index (χ1v) is 9.45. The molecular weight excluding hydrogens is 338 g/mol. The summed E-state index contributed by atoms with van der Waals surface area (Å²) in [5.41, 5.74) is 6.32. The van der Waals surface area contributed by atoms with E-state index in [0.717, 1.165) is 25.9 Å². The van der Waals surface area contributed by atoms with Gasteiger partial charge in [0.05, 0.1) is 16.0 Å². The standard InChI is InChI=1S/C19H28ClN3O2/c1-3-19(4-2,13-21)18(25)22-14-8-9-15(16(20)12-14)17(24)23-10-6-5-7-11-23/h8-9,12H,3-7,10-11,13,21H2,1-2H3,(H,22,25). The van der Waals surface area contributed by atoms with Gasteiger partial charge in [-0.25, -0.2) is 0 Å². The van der Waals surface area contributed by atoms with E-state index in [1.165, 1.54) is 6.42 Å². The first-order valence-electron chi connectivity index (χ1n) is 9.07. The highest BCUT2D eigenvalue weighted by Crippen LogP contribution is 2.29.